The molecule has 2 aromatic rings. The smallest absolute Gasteiger partial charge is 0.164 e. The van der Waals surface area contributed by atoms with Crippen LogP contribution in [0.2, 0.25) is 0 Å². The van der Waals surface area contributed by atoms with Crippen LogP contribution in [0.15, 0.2) is 95.6 Å². The monoisotopic (exact) mass is 520 g/mol. The molecule has 0 aliphatic heterocycles. The van der Waals surface area contributed by atoms with Crippen molar-refractivity contribution < 1.29 is 9.59 Å². The molecule has 1 fully saturated rings. The van der Waals surface area contributed by atoms with E-state index in [-0.39, 0.29) is 17.0 Å². The van der Waals surface area contributed by atoms with E-state index < -0.39 is 0 Å². The van der Waals surface area contributed by atoms with Crippen molar-refractivity contribution in [2.45, 2.75) is 90.9 Å². The van der Waals surface area contributed by atoms with E-state index in [1.54, 1.807) is 6.08 Å². The highest BCUT2D eigenvalue weighted by atomic mass is 16.1. The molecule has 2 heteroatoms. The number of ketones is 2. The Balaban J connectivity index is 0.000000438. The molecule has 0 aromatic heterocycles. The molecule has 0 bridgehead atoms. The summed E-state index contributed by atoms with van der Waals surface area (Å²) < 4.78 is 0. The first-order chi connectivity index (χ1) is 18.8. The summed E-state index contributed by atoms with van der Waals surface area (Å²) in [6.45, 7) is 12.8. The molecule has 0 amide bonds. The Labute approximate surface area is 235 Å². The van der Waals surface area contributed by atoms with Crippen LogP contribution in [0.25, 0.3) is 5.57 Å². The minimum atomic E-state index is -0.0770. The van der Waals surface area contributed by atoms with Gasteiger partial charge in [-0.25, -0.2) is 0 Å². The molecule has 0 N–H and O–H groups in total. The van der Waals surface area contributed by atoms with Crippen LogP contribution in [0.5, 0.6) is 0 Å². The second kappa shape index (κ2) is 12.7. The van der Waals surface area contributed by atoms with Crippen LogP contribution in [0, 0.1) is 12.8 Å². The van der Waals surface area contributed by atoms with E-state index in [4.69, 9.17) is 0 Å². The third-order valence-corrected chi connectivity index (χ3v) is 8.97. The second-order valence-corrected chi connectivity index (χ2v) is 11.5. The molecule has 204 valence electrons. The van der Waals surface area contributed by atoms with Crippen LogP contribution in [-0.2, 0) is 15.0 Å². The van der Waals surface area contributed by atoms with Crippen LogP contribution in [0.3, 0.4) is 0 Å². The van der Waals surface area contributed by atoms with E-state index in [9.17, 15) is 9.59 Å². The van der Waals surface area contributed by atoms with Gasteiger partial charge in [0.1, 0.15) is 0 Å². The number of benzene rings is 2. The van der Waals surface area contributed by atoms with E-state index >= 15 is 0 Å². The van der Waals surface area contributed by atoms with Gasteiger partial charge < -0.3 is 0 Å². The average molecular weight is 521 g/mol. The minimum Gasteiger partial charge on any atom is -0.294 e. The van der Waals surface area contributed by atoms with Gasteiger partial charge in [-0.1, -0.05) is 104 Å². The molecule has 2 nitrogen and oxygen atoms in total. The lowest BCUT2D eigenvalue weighted by Crippen LogP contribution is -2.31. The van der Waals surface area contributed by atoms with Crippen LogP contribution < -0.4 is 0 Å². The lowest BCUT2D eigenvalue weighted by Gasteiger charge is -2.39. The van der Waals surface area contributed by atoms with Gasteiger partial charge >= 0.3 is 0 Å². The Kier molecular flexibility index (Phi) is 9.38. The second-order valence-electron chi connectivity index (χ2n) is 11.5. The molecule has 1 saturated carbocycles. The van der Waals surface area contributed by atoms with Gasteiger partial charge in [-0.3, -0.25) is 9.59 Å². The maximum atomic E-state index is 13.4. The number of fused-ring (bicyclic) bond motifs is 3. The van der Waals surface area contributed by atoms with Crippen molar-refractivity contribution in [2.75, 3.05) is 0 Å². The van der Waals surface area contributed by atoms with Gasteiger partial charge in [-0.2, -0.15) is 0 Å². The number of carbonyl (C=O) groups is 2. The summed E-state index contributed by atoms with van der Waals surface area (Å²) in [5.41, 5.74) is 8.87. The number of hydrogen-bond donors (Lipinski definition) is 0. The fourth-order valence-electron chi connectivity index (χ4n) is 6.89. The molecule has 2 aromatic carbocycles. The molecule has 3 aliphatic rings. The molecular formula is C37H44O2. The summed E-state index contributed by atoms with van der Waals surface area (Å²) in [6, 6.07) is 18.8. The zero-order valence-electron chi connectivity index (χ0n) is 24.3. The molecule has 5 rings (SSSR count). The highest BCUT2D eigenvalue weighted by Gasteiger charge is 2.46. The Morgan fingerprint density at radius 1 is 0.949 bits per heavy atom. The Morgan fingerprint density at radius 3 is 2.23 bits per heavy atom. The SMILES string of the molecule is C=C/C1=C(\C2=C3CC[C@H](C/C(=C/C)CC)CC3(C)c3ccccc32)C(=O)CCCCC1=O.Cc1ccccc1. The fraction of sp³-hybridized carbons (Fsp3) is 0.405. The molecule has 0 radical (unpaired) electrons. The predicted octanol–water partition coefficient (Wildman–Crippen LogP) is 9.45. The molecule has 2 atom stereocenters. The molecule has 1 unspecified atom stereocenters. The molecule has 0 heterocycles. The van der Waals surface area contributed by atoms with E-state index in [0.717, 1.165) is 56.1 Å². The lowest BCUT2D eigenvalue weighted by atomic mass is 9.64. The van der Waals surface area contributed by atoms with Crippen molar-refractivity contribution in [1.29, 1.82) is 0 Å². The summed E-state index contributed by atoms with van der Waals surface area (Å²) >= 11 is 0. The Bertz CT molecular complexity index is 1320. The van der Waals surface area contributed by atoms with Gasteiger partial charge in [0, 0.05) is 29.4 Å². The summed E-state index contributed by atoms with van der Waals surface area (Å²) in [4.78, 5) is 26.4. The number of hydrogen-bond acceptors (Lipinski definition) is 2. The van der Waals surface area contributed by atoms with Crippen molar-refractivity contribution in [3.8, 4) is 0 Å². The highest BCUT2D eigenvalue weighted by Crippen LogP contribution is 2.57. The van der Waals surface area contributed by atoms with Crippen LogP contribution >= 0.6 is 0 Å². The Hall–Kier alpha value is -3.26. The van der Waals surface area contributed by atoms with Gasteiger partial charge in [0.25, 0.3) is 0 Å². The van der Waals surface area contributed by atoms with Crippen molar-refractivity contribution in [3.05, 3.63) is 112 Å². The van der Waals surface area contributed by atoms with Gasteiger partial charge in [-0.05, 0) is 81.4 Å². The summed E-state index contributed by atoms with van der Waals surface area (Å²) in [7, 11) is 0. The quantitative estimate of drug-likeness (QED) is 0.368. The van der Waals surface area contributed by atoms with Gasteiger partial charge in [0.2, 0.25) is 0 Å². The Morgan fingerprint density at radius 2 is 1.62 bits per heavy atom. The number of aryl methyl sites for hydroxylation is 1. The molecule has 0 saturated heterocycles. The van der Waals surface area contributed by atoms with Gasteiger partial charge in [0.05, 0.1) is 0 Å². The normalized spacial score (nSPS) is 25.2. The van der Waals surface area contributed by atoms with Crippen molar-refractivity contribution in [3.63, 3.8) is 0 Å². The van der Waals surface area contributed by atoms with Crippen molar-refractivity contribution >= 4 is 17.1 Å². The van der Waals surface area contributed by atoms with Gasteiger partial charge in [0.15, 0.2) is 11.6 Å². The zero-order valence-corrected chi connectivity index (χ0v) is 24.3. The summed E-state index contributed by atoms with van der Waals surface area (Å²) in [6.07, 6.45) is 12.0. The van der Waals surface area contributed by atoms with Crippen molar-refractivity contribution in [2.24, 2.45) is 5.92 Å². The van der Waals surface area contributed by atoms with Crippen molar-refractivity contribution in [1.82, 2.24) is 0 Å². The third kappa shape index (κ3) is 6.01. The predicted molar refractivity (Wildman–Crippen MR) is 164 cm³/mol. The first-order valence-electron chi connectivity index (χ1n) is 14.8. The summed E-state index contributed by atoms with van der Waals surface area (Å²) in [5.74, 6) is 0.820. The average Bonchev–Trinajstić information content (AvgIpc) is 3.20. The molecule has 3 aliphatic carbocycles. The summed E-state index contributed by atoms with van der Waals surface area (Å²) in [5, 5.41) is 0. The fourth-order valence-corrected chi connectivity index (χ4v) is 6.89. The number of Topliss-reactive ketones (excluding diaryl/α,β-unsaturated/α-hetero) is 2. The molecule has 0 spiro atoms. The highest BCUT2D eigenvalue weighted by molar-refractivity contribution is 6.19. The minimum absolute atomic E-state index is 0.0663. The van der Waals surface area contributed by atoms with E-state index in [0.29, 0.717) is 29.9 Å². The topological polar surface area (TPSA) is 34.1 Å². The number of rotatable bonds is 5. The van der Waals surface area contributed by atoms with E-state index in [1.165, 1.54) is 22.3 Å². The number of carbonyl (C=O) groups excluding carboxylic acids is 2. The van der Waals surface area contributed by atoms with Crippen LogP contribution in [-0.4, -0.2) is 11.6 Å². The first kappa shape index (κ1) is 28.7. The lowest BCUT2D eigenvalue weighted by molar-refractivity contribution is -0.118. The molecule has 39 heavy (non-hydrogen) atoms. The standard InChI is InChI=1S/C30H36O2.C7H8/c1-5-20(6-2)18-21-16-17-25-28(23-12-8-9-13-24(23)30(25,4)19-21)29-22(7-3)26(31)14-10-11-15-27(29)32;1-7-5-3-2-4-6-7/h5,7-9,12-13,21H,3,6,10-11,14-19H2,1-2,4H3;2-6H,1H3/b20-5+,29-22+;/t21-,30?;/m1./s1. The third-order valence-electron chi connectivity index (χ3n) is 8.97. The first-order valence-corrected chi connectivity index (χ1v) is 14.8. The maximum absolute atomic E-state index is 13.4. The van der Waals surface area contributed by atoms with Crippen LogP contribution in [0.4, 0.5) is 0 Å². The zero-order chi connectivity index (χ0) is 28.0. The number of allylic oxidation sites excluding steroid dienone is 7. The van der Waals surface area contributed by atoms with E-state index in [2.05, 4.69) is 76.7 Å². The maximum Gasteiger partial charge on any atom is 0.164 e. The molecular weight excluding hydrogens is 476 g/mol. The van der Waals surface area contributed by atoms with Gasteiger partial charge in [-0.15, -0.1) is 0 Å². The van der Waals surface area contributed by atoms with Crippen LogP contribution in [0.1, 0.15) is 95.2 Å². The van der Waals surface area contributed by atoms with E-state index in [1.807, 2.05) is 18.2 Å². The largest absolute Gasteiger partial charge is 0.294 e.